The molecule has 0 radical (unpaired) electrons. The zero-order chi connectivity index (χ0) is 16.5. The molecule has 0 aliphatic heterocycles. The maximum absolute atomic E-state index is 10.6. The maximum Gasteiger partial charge on any atom is 0.511 e. The van der Waals surface area contributed by atoms with Crippen LogP contribution in [0, 0.1) is 13.8 Å². The van der Waals surface area contributed by atoms with E-state index >= 15 is 0 Å². The lowest BCUT2D eigenvalue weighted by Gasteiger charge is -2.15. The first kappa shape index (κ1) is 18.1. The van der Waals surface area contributed by atoms with Crippen LogP contribution in [0.25, 0.3) is 0 Å². The number of benzene rings is 1. The fraction of sp³-hybridized carbons (Fsp3) is 0.588. The SMILES string of the molecule is CCCCCCCCOc1c(C)c(C)cc(OC(=O)O)c1O. The number of rotatable bonds is 9. The number of unbranched alkanes of at least 4 members (excludes halogenated alkanes) is 5. The van der Waals surface area contributed by atoms with Crippen LogP contribution in [0.2, 0.25) is 0 Å². The number of hydrogen-bond acceptors (Lipinski definition) is 4. The maximum atomic E-state index is 10.6. The van der Waals surface area contributed by atoms with Gasteiger partial charge in [0.1, 0.15) is 0 Å². The number of hydrogen-bond donors (Lipinski definition) is 2. The predicted octanol–water partition coefficient (Wildman–Crippen LogP) is 4.81. The van der Waals surface area contributed by atoms with Crippen molar-refractivity contribution in [3.05, 3.63) is 17.2 Å². The molecule has 5 heteroatoms. The average Bonchev–Trinajstić information content (AvgIpc) is 2.46. The molecule has 1 rings (SSSR count). The van der Waals surface area contributed by atoms with Gasteiger partial charge in [0.2, 0.25) is 5.75 Å². The number of phenolic OH excluding ortho intramolecular Hbond substituents is 1. The summed E-state index contributed by atoms with van der Waals surface area (Å²) in [5.41, 5.74) is 1.60. The van der Waals surface area contributed by atoms with Gasteiger partial charge < -0.3 is 19.7 Å². The van der Waals surface area contributed by atoms with E-state index < -0.39 is 6.16 Å². The van der Waals surface area contributed by atoms with Crippen molar-refractivity contribution in [3.8, 4) is 17.2 Å². The van der Waals surface area contributed by atoms with Crippen molar-refractivity contribution in [2.75, 3.05) is 6.61 Å². The topological polar surface area (TPSA) is 76.0 Å². The zero-order valence-corrected chi connectivity index (χ0v) is 13.6. The van der Waals surface area contributed by atoms with Crippen LogP contribution in [-0.4, -0.2) is 23.0 Å². The van der Waals surface area contributed by atoms with Crippen molar-refractivity contribution >= 4 is 6.16 Å². The molecule has 0 heterocycles. The second kappa shape index (κ2) is 9.18. The largest absolute Gasteiger partial charge is 0.511 e. The lowest BCUT2D eigenvalue weighted by atomic mass is 10.1. The molecule has 0 bridgehead atoms. The summed E-state index contributed by atoms with van der Waals surface area (Å²) < 4.78 is 10.2. The average molecular weight is 310 g/mol. The lowest BCUT2D eigenvalue weighted by Crippen LogP contribution is -2.06. The standard InChI is InChI=1S/C17H26O5/c1-4-5-6-7-8-9-10-21-16-13(3)12(2)11-14(15(16)18)22-17(19)20/h11,18H,4-10H2,1-3H3,(H,19,20). The molecule has 0 aromatic heterocycles. The summed E-state index contributed by atoms with van der Waals surface area (Å²) in [5, 5.41) is 18.8. The third-order valence-corrected chi connectivity index (χ3v) is 3.67. The van der Waals surface area contributed by atoms with Gasteiger partial charge in [0.05, 0.1) is 6.61 Å². The van der Waals surface area contributed by atoms with E-state index in [0.29, 0.717) is 12.4 Å². The summed E-state index contributed by atoms with van der Waals surface area (Å²) in [6.45, 7) is 6.33. The van der Waals surface area contributed by atoms with Crippen LogP contribution in [0.4, 0.5) is 4.79 Å². The Morgan fingerprint density at radius 3 is 2.41 bits per heavy atom. The highest BCUT2D eigenvalue weighted by molar-refractivity contribution is 5.66. The number of aromatic hydroxyl groups is 1. The Morgan fingerprint density at radius 1 is 1.14 bits per heavy atom. The molecule has 0 aliphatic rings. The Labute approximate surface area is 131 Å². The molecule has 0 aliphatic carbocycles. The monoisotopic (exact) mass is 310 g/mol. The van der Waals surface area contributed by atoms with Gasteiger partial charge in [-0.25, -0.2) is 4.79 Å². The van der Waals surface area contributed by atoms with E-state index in [1.165, 1.54) is 31.7 Å². The fourth-order valence-corrected chi connectivity index (χ4v) is 2.25. The summed E-state index contributed by atoms with van der Waals surface area (Å²) >= 11 is 0. The summed E-state index contributed by atoms with van der Waals surface area (Å²) in [7, 11) is 0. The normalized spacial score (nSPS) is 10.5. The molecule has 0 amide bonds. The van der Waals surface area contributed by atoms with Crippen LogP contribution >= 0.6 is 0 Å². The Kier molecular flexibility index (Phi) is 7.57. The lowest BCUT2D eigenvalue weighted by molar-refractivity contribution is 0.142. The molecule has 5 nitrogen and oxygen atoms in total. The Balaban J connectivity index is 2.61. The molecule has 124 valence electrons. The van der Waals surface area contributed by atoms with Gasteiger partial charge in [0, 0.05) is 0 Å². The van der Waals surface area contributed by atoms with Gasteiger partial charge in [0.15, 0.2) is 11.5 Å². The van der Waals surface area contributed by atoms with Crippen molar-refractivity contribution in [3.63, 3.8) is 0 Å². The van der Waals surface area contributed by atoms with Crippen molar-refractivity contribution in [1.82, 2.24) is 0 Å². The third-order valence-electron chi connectivity index (χ3n) is 3.67. The minimum absolute atomic E-state index is 0.0893. The highest BCUT2D eigenvalue weighted by Crippen LogP contribution is 2.41. The zero-order valence-electron chi connectivity index (χ0n) is 13.6. The van der Waals surface area contributed by atoms with E-state index in [2.05, 4.69) is 11.7 Å². The van der Waals surface area contributed by atoms with Crippen LogP contribution < -0.4 is 9.47 Å². The van der Waals surface area contributed by atoms with Gasteiger partial charge in [-0.05, 0) is 37.5 Å². The van der Waals surface area contributed by atoms with Gasteiger partial charge in [0.25, 0.3) is 0 Å². The third kappa shape index (κ3) is 5.47. The minimum atomic E-state index is -1.46. The van der Waals surface area contributed by atoms with Gasteiger partial charge in [-0.15, -0.1) is 0 Å². The predicted molar refractivity (Wildman–Crippen MR) is 85.1 cm³/mol. The highest BCUT2D eigenvalue weighted by atomic mass is 16.7. The van der Waals surface area contributed by atoms with E-state index in [1.54, 1.807) is 0 Å². The number of phenols is 1. The number of carboxylic acid groups (broad SMARTS) is 1. The number of aryl methyl sites for hydroxylation is 1. The molecule has 0 spiro atoms. The number of ether oxygens (including phenoxy) is 2. The molecular formula is C17H26O5. The van der Waals surface area contributed by atoms with E-state index in [-0.39, 0.29) is 11.5 Å². The first-order valence-corrected chi connectivity index (χ1v) is 7.84. The van der Waals surface area contributed by atoms with E-state index in [9.17, 15) is 9.90 Å². The first-order chi connectivity index (χ1) is 10.5. The van der Waals surface area contributed by atoms with Crippen molar-refractivity contribution in [1.29, 1.82) is 0 Å². The van der Waals surface area contributed by atoms with Crippen molar-refractivity contribution < 1.29 is 24.5 Å². The summed E-state index contributed by atoms with van der Waals surface area (Å²) in [5.74, 6) is -0.0326. The van der Waals surface area contributed by atoms with Crippen LogP contribution in [0.15, 0.2) is 6.07 Å². The molecule has 1 aromatic carbocycles. The molecular weight excluding hydrogens is 284 g/mol. The summed E-state index contributed by atoms with van der Waals surface area (Å²) in [6, 6.07) is 1.50. The molecule has 0 saturated carbocycles. The molecule has 0 saturated heterocycles. The quantitative estimate of drug-likeness (QED) is 0.389. The molecule has 0 unspecified atom stereocenters. The summed E-state index contributed by atoms with van der Waals surface area (Å²) in [4.78, 5) is 10.6. The highest BCUT2D eigenvalue weighted by Gasteiger charge is 2.17. The van der Waals surface area contributed by atoms with E-state index in [1.807, 2.05) is 13.8 Å². The first-order valence-electron chi connectivity index (χ1n) is 7.84. The Bertz CT molecular complexity index is 496. The molecule has 22 heavy (non-hydrogen) atoms. The molecule has 1 aromatic rings. The van der Waals surface area contributed by atoms with Crippen LogP contribution in [-0.2, 0) is 0 Å². The van der Waals surface area contributed by atoms with Gasteiger partial charge in [-0.1, -0.05) is 39.0 Å². The second-order valence-corrected chi connectivity index (χ2v) is 5.48. The Morgan fingerprint density at radius 2 is 1.77 bits per heavy atom. The molecule has 0 atom stereocenters. The van der Waals surface area contributed by atoms with E-state index in [0.717, 1.165) is 24.0 Å². The summed E-state index contributed by atoms with van der Waals surface area (Å²) in [6.07, 6.45) is 5.44. The molecule has 2 N–H and O–H groups in total. The molecule has 0 fully saturated rings. The minimum Gasteiger partial charge on any atom is -0.502 e. The van der Waals surface area contributed by atoms with Crippen LogP contribution in [0.1, 0.15) is 56.6 Å². The number of carbonyl (C=O) groups is 1. The second-order valence-electron chi connectivity index (χ2n) is 5.48. The van der Waals surface area contributed by atoms with Crippen molar-refractivity contribution in [2.45, 2.75) is 59.3 Å². The van der Waals surface area contributed by atoms with Crippen LogP contribution in [0.5, 0.6) is 17.2 Å². The van der Waals surface area contributed by atoms with Gasteiger partial charge in [-0.2, -0.15) is 0 Å². The van der Waals surface area contributed by atoms with Gasteiger partial charge >= 0.3 is 6.16 Å². The van der Waals surface area contributed by atoms with Crippen LogP contribution in [0.3, 0.4) is 0 Å². The van der Waals surface area contributed by atoms with Crippen molar-refractivity contribution in [2.24, 2.45) is 0 Å². The van der Waals surface area contributed by atoms with Gasteiger partial charge in [-0.3, -0.25) is 0 Å². The van der Waals surface area contributed by atoms with E-state index in [4.69, 9.17) is 9.84 Å². The fourth-order valence-electron chi connectivity index (χ4n) is 2.25. The Hall–Kier alpha value is -1.91. The smallest absolute Gasteiger partial charge is 0.502 e.